The zero-order chi connectivity index (χ0) is 23.0. The van der Waals surface area contributed by atoms with E-state index in [9.17, 15) is 9.59 Å². The number of aryl methyl sites for hydroxylation is 2. The maximum atomic E-state index is 13.5. The number of aromatic nitrogens is 1. The molecule has 162 valence electrons. The van der Waals surface area contributed by atoms with Crippen molar-refractivity contribution in [2.45, 2.75) is 27.7 Å². The second kappa shape index (κ2) is 8.35. The lowest BCUT2D eigenvalue weighted by molar-refractivity contribution is -0.136. The lowest BCUT2D eigenvalue weighted by Gasteiger charge is -2.18. The molecule has 1 aromatic heterocycles. The van der Waals surface area contributed by atoms with Crippen molar-refractivity contribution in [2.75, 3.05) is 12.0 Å². The van der Waals surface area contributed by atoms with Crippen molar-refractivity contribution in [2.24, 2.45) is 0 Å². The molecule has 32 heavy (non-hydrogen) atoms. The van der Waals surface area contributed by atoms with Crippen molar-refractivity contribution in [1.29, 1.82) is 0 Å². The number of hydrogen-bond donors (Lipinski definition) is 0. The minimum atomic E-state index is -0.520. The van der Waals surface area contributed by atoms with Gasteiger partial charge in [-0.05, 0) is 69.7 Å². The summed E-state index contributed by atoms with van der Waals surface area (Å²) < 4.78 is 7.17. The van der Waals surface area contributed by atoms with Crippen LogP contribution in [0.4, 0.5) is 5.69 Å². The van der Waals surface area contributed by atoms with E-state index in [1.165, 1.54) is 7.11 Å². The van der Waals surface area contributed by atoms with Gasteiger partial charge >= 0.3 is 5.97 Å². The number of nitrogens with zero attached hydrogens (tertiary/aromatic N) is 2. The molecule has 4 rings (SSSR count). The number of esters is 1. The molecular weight excluding hydrogens is 400 g/mol. The van der Waals surface area contributed by atoms with Crippen molar-refractivity contribution >= 4 is 23.6 Å². The summed E-state index contributed by atoms with van der Waals surface area (Å²) in [5, 5.41) is 0. The number of hydrogen-bond acceptors (Lipinski definition) is 3. The maximum absolute atomic E-state index is 13.5. The van der Waals surface area contributed by atoms with Gasteiger partial charge in [-0.2, -0.15) is 0 Å². The summed E-state index contributed by atoms with van der Waals surface area (Å²) in [5.41, 5.74) is 6.98. The Hall–Kier alpha value is -3.86. The molecule has 0 fully saturated rings. The minimum absolute atomic E-state index is 0.240. The molecule has 0 aliphatic carbocycles. The van der Waals surface area contributed by atoms with Crippen LogP contribution < -0.4 is 4.90 Å². The average molecular weight is 427 g/mol. The molecule has 0 bridgehead atoms. The number of methoxy groups -OCH3 is 1. The van der Waals surface area contributed by atoms with E-state index in [0.717, 1.165) is 33.9 Å². The SMILES string of the molecule is COC(=O)C1=C(C)N(c2ccc(C)cc2)C(=O)/C1=C\c1cc(C)n(-c2ccccc2)c1C. The second-order valence-corrected chi connectivity index (χ2v) is 7.98. The van der Waals surface area contributed by atoms with Gasteiger partial charge in [0.25, 0.3) is 5.91 Å². The third kappa shape index (κ3) is 3.56. The number of para-hydroxylation sites is 1. The molecule has 5 nitrogen and oxygen atoms in total. The Morgan fingerprint density at radius 2 is 1.56 bits per heavy atom. The van der Waals surface area contributed by atoms with Gasteiger partial charge in [0.15, 0.2) is 0 Å². The smallest absolute Gasteiger partial charge is 0.340 e. The van der Waals surface area contributed by atoms with Crippen LogP contribution in [0.5, 0.6) is 0 Å². The number of amides is 1. The third-order valence-corrected chi connectivity index (χ3v) is 5.87. The lowest BCUT2D eigenvalue weighted by Crippen LogP contribution is -2.24. The van der Waals surface area contributed by atoms with Crippen molar-refractivity contribution in [3.8, 4) is 5.69 Å². The molecule has 0 saturated carbocycles. The quantitative estimate of drug-likeness (QED) is 0.421. The van der Waals surface area contributed by atoms with Crippen molar-refractivity contribution in [3.05, 3.63) is 100 Å². The van der Waals surface area contributed by atoms with Gasteiger partial charge in [-0.25, -0.2) is 4.79 Å². The molecule has 0 saturated heterocycles. The molecular formula is C27H26N2O3. The molecule has 0 radical (unpaired) electrons. The fourth-order valence-corrected chi connectivity index (χ4v) is 4.25. The van der Waals surface area contributed by atoms with Crippen LogP contribution >= 0.6 is 0 Å². The van der Waals surface area contributed by atoms with E-state index in [-0.39, 0.29) is 5.91 Å². The van der Waals surface area contributed by atoms with Gasteiger partial charge in [0.05, 0.1) is 18.3 Å². The summed E-state index contributed by atoms with van der Waals surface area (Å²) in [7, 11) is 1.33. The first-order valence-electron chi connectivity index (χ1n) is 10.5. The summed E-state index contributed by atoms with van der Waals surface area (Å²) >= 11 is 0. The predicted molar refractivity (Wildman–Crippen MR) is 127 cm³/mol. The van der Waals surface area contributed by atoms with Crippen molar-refractivity contribution < 1.29 is 14.3 Å². The zero-order valence-electron chi connectivity index (χ0n) is 19.0. The average Bonchev–Trinajstić information content (AvgIpc) is 3.20. The Bertz CT molecular complexity index is 1260. The van der Waals surface area contributed by atoms with Gasteiger partial charge < -0.3 is 9.30 Å². The van der Waals surface area contributed by atoms with Gasteiger partial charge in [0.1, 0.15) is 0 Å². The lowest BCUT2D eigenvalue weighted by atomic mass is 10.0. The van der Waals surface area contributed by atoms with Crippen LogP contribution in [0, 0.1) is 20.8 Å². The molecule has 2 heterocycles. The Morgan fingerprint density at radius 3 is 2.19 bits per heavy atom. The molecule has 1 aliphatic rings. The summed E-state index contributed by atoms with van der Waals surface area (Å²) in [6.45, 7) is 7.81. The summed E-state index contributed by atoms with van der Waals surface area (Å²) in [4.78, 5) is 27.8. The number of rotatable bonds is 4. The highest BCUT2D eigenvalue weighted by molar-refractivity contribution is 6.23. The Labute approximate surface area is 188 Å². The highest BCUT2D eigenvalue weighted by Gasteiger charge is 2.38. The van der Waals surface area contributed by atoms with Gasteiger partial charge in [0, 0.05) is 28.5 Å². The van der Waals surface area contributed by atoms with Crippen molar-refractivity contribution in [3.63, 3.8) is 0 Å². The maximum Gasteiger partial charge on any atom is 0.340 e. The minimum Gasteiger partial charge on any atom is -0.465 e. The fourth-order valence-electron chi connectivity index (χ4n) is 4.25. The molecule has 0 spiro atoms. The molecule has 0 unspecified atom stereocenters. The largest absolute Gasteiger partial charge is 0.465 e. The molecule has 3 aromatic rings. The standard InChI is InChI=1S/C27H26N2O3/c1-17-11-13-23(14-12-17)29-20(4)25(27(31)32-5)24(26(29)30)16-21-15-18(2)28(19(21)3)22-9-7-6-8-10-22/h6-16H,1-5H3/b24-16-. The summed E-state index contributed by atoms with van der Waals surface area (Å²) in [6.07, 6.45) is 1.80. The van der Waals surface area contributed by atoms with Crippen molar-refractivity contribution in [1.82, 2.24) is 4.57 Å². The first-order valence-corrected chi connectivity index (χ1v) is 10.5. The molecule has 1 amide bonds. The van der Waals surface area contributed by atoms with Gasteiger partial charge in [-0.3, -0.25) is 9.69 Å². The third-order valence-electron chi connectivity index (χ3n) is 5.87. The summed E-state index contributed by atoms with van der Waals surface area (Å²) in [5.74, 6) is -0.759. The normalized spacial score (nSPS) is 15.1. The first kappa shape index (κ1) is 21.4. The van der Waals surface area contributed by atoms with Gasteiger partial charge in [-0.15, -0.1) is 0 Å². The number of anilines is 1. The highest BCUT2D eigenvalue weighted by atomic mass is 16.5. The molecule has 1 aliphatic heterocycles. The van der Waals surface area contributed by atoms with Crippen LogP contribution in [0.15, 0.2) is 77.5 Å². The van der Waals surface area contributed by atoms with E-state index < -0.39 is 5.97 Å². The monoisotopic (exact) mass is 426 g/mol. The zero-order valence-corrected chi connectivity index (χ0v) is 19.0. The predicted octanol–water partition coefficient (Wildman–Crippen LogP) is 5.28. The Kier molecular flexibility index (Phi) is 5.57. The highest BCUT2D eigenvalue weighted by Crippen LogP contribution is 2.36. The number of ether oxygens (including phenoxy) is 1. The Morgan fingerprint density at radius 1 is 0.906 bits per heavy atom. The van der Waals surface area contributed by atoms with E-state index in [4.69, 9.17) is 4.74 Å². The van der Waals surface area contributed by atoms with Gasteiger partial charge in [-0.1, -0.05) is 35.9 Å². The van der Waals surface area contributed by atoms with Crippen LogP contribution in [-0.2, 0) is 14.3 Å². The molecule has 5 heteroatoms. The summed E-state index contributed by atoms with van der Waals surface area (Å²) in [6, 6.07) is 19.7. The number of carbonyl (C=O) groups is 2. The first-order chi connectivity index (χ1) is 15.3. The van der Waals surface area contributed by atoms with E-state index in [0.29, 0.717) is 16.8 Å². The van der Waals surface area contributed by atoms with E-state index in [2.05, 4.69) is 4.57 Å². The van der Waals surface area contributed by atoms with Crippen LogP contribution in [0.1, 0.15) is 29.4 Å². The van der Waals surface area contributed by atoms with Crippen LogP contribution in [0.3, 0.4) is 0 Å². The van der Waals surface area contributed by atoms with Gasteiger partial charge in [0.2, 0.25) is 0 Å². The number of carbonyl (C=O) groups excluding carboxylic acids is 2. The van der Waals surface area contributed by atoms with E-state index in [1.54, 1.807) is 17.9 Å². The number of benzene rings is 2. The van der Waals surface area contributed by atoms with Crippen LogP contribution in [-0.4, -0.2) is 23.6 Å². The van der Waals surface area contributed by atoms with Crippen LogP contribution in [0.2, 0.25) is 0 Å². The molecule has 0 atom stereocenters. The fraction of sp³-hybridized carbons (Fsp3) is 0.185. The Balaban J connectivity index is 1.85. The molecule has 0 N–H and O–H groups in total. The van der Waals surface area contributed by atoms with E-state index >= 15 is 0 Å². The van der Waals surface area contributed by atoms with E-state index in [1.807, 2.05) is 81.4 Å². The van der Waals surface area contributed by atoms with Crippen LogP contribution in [0.25, 0.3) is 11.8 Å². The topological polar surface area (TPSA) is 51.5 Å². The second-order valence-electron chi connectivity index (χ2n) is 7.98. The molecule has 2 aromatic carbocycles. The number of allylic oxidation sites excluding steroid dienone is 1.